The van der Waals surface area contributed by atoms with Gasteiger partial charge in [0, 0.05) is 32.9 Å². The predicted molar refractivity (Wildman–Crippen MR) is 434 cm³/mol. The van der Waals surface area contributed by atoms with E-state index in [1.807, 2.05) is 46.8 Å². The van der Waals surface area contributed by atoms with E-state index in [1.165, 1.54) is 85.6 Å². The molecule has 0 saturated carbocycles. The third-order valence-electron chi connectivity index (χ3n) is 19.9. The van der Waals surface area contributed by atoms with Crippen LogP contribution in [-0.4, -0.2) is 158 Å². The van der Waals surface area contributed by atoms with Crippen molar-refractivity contribution in [3.05, 3.63) is 216 Å². The molecule has 4 amide bonds. The summed E-state index contributed by atoms with van der Waals surface area (Å²) in [6.07, 6.45) is 0.449. The van der Waals surface area contributed by atoms with E-state index in [0.29, 0.717) is 87.6 Å². The number of hydrogen-bond acceptors (Lipinski definition) is 14. The van der Waals surface area contributed by atoms with Gasteiger partial charge < -0.3 is 43.1 Å². The van der Waals surface area contributed by atoms with Crippen LogP contribution in [0, 0.1) is 17.8 Å². The number of carbonyl (C=O) groups is 5. The number of nitrogens with zero attached hydrogens (tertiary/aromatic N) is 4. The highest BCUT2D eigenvalue weighted by molar-refractivity contribution is 7.97. The number of esters is 3. The Hall–Kier alpha value is -8.67. The number of carbonyl (C=O) groups excluding carboxylic acids is 5. The molecular formula is C88H120F2N4O14S2. The first-order valence-corrected chi connectivity index (χ1v) is 40.5. The van der Waals surface area contributed by atoms with Gasteiger partial charge in [0.25, 0.3) is 0 Å². The Balaban J connectivity index is 0.000000273. The van der Waals surface area contributed by atoms with Crippen LogP contribution in [0.2, 0.25) is 0 Å². The molecule has 0 aromatic heterocycles. The molecule has 7 aromatic rings. The van der Waals surface area contributed by atoms with E-state index in [4.69, 9.17) is 24.1 Å². The van der Waals surface area contributed by atoms with Gasteiger partial charge in [-0.15, -0.1) is 0 Å². The number of aryl methyl sites for hydroxylation is 1. The summed E-state index contributed by atoms with van der Waals surface area (Å²) in [4.78, 5) is 69.5. The average molecular weight is 1560 g/mol. The van der Waals surface area contributed by atoms with Gasteiger partial charge in [-0.2, -0.15) is 8.78 Å². The van der Waals surface area contributed by atoms with Crippen LogP contribution < -0.4 is 0 Å². The van der Waals surface area contributed by atoms with E-state index in [9.17, 15) is 45.7 Å². The Kier molecular flexibility index (Phi) is 38.3. The van der Waals surface area contributed by atoms with Crippen molar-refractivity contribution < 1.29 is 74.5 Å². The summed E-state index contributed by atoms with van der Waals surface area (Å²) in [6, 6.07) is 61.6. The van der Waals surface area contributed by atoms with Crippen molar-refractivity contribution in [2.75, 3.05) is 66.9 Å². The number of ether oxygens (including phenoxy) is 5. The minimum Gasteiger partial charge on any atom is -0.743 e. The smallest absolute Gasteiger partial charge is 0.369 e. The predicted octanol–water partition coefficient (Wildman–Crippen LogP) is 19.3. The molecule has 1 aliphatic carbocycles. The molecule has 110 heavy (non-hydrogen) atoms. The molecule has 7 atom stereocenters. The van der Waals surface area contributed by atoms with Gasteiger partial charge in [-0.05, 0) is 193 Å². The van der Waals surface area contributed by atoms with E-state index in [2.05, 4.69) is 211 Å². The van der Waals surface area contributed by atoms with E-state index >= 15 is 0 Å². The minimum atomic E-state index is -5.86. The first-order valence-electron chi connectivity index (χ1n) is 37.9. The maximum absolute atomic E-state index is 13.0. The van der Waals surface area contributed by atoms with Crippen molar-refractivity contribution in [1.29, 1.82) is 0 Å². The van der Waals surface area contributed by atoms with Crippen molar-refractivity contribution in [3.63, 3.8) is 0 Å². The zero-order valence-electron chi connectivity index (χ0n) is 68.1. The van der Waals surface area contributed by atoms with E-state index in [1.54, 1.807) is 47.8 Å². The Bertz CT molecular complexity index is 3910. The van der Waals surface area contributed by atoms with Crippen LogP contribution in [0.25, 0.3) is 10.8 Å². The lowest BCUT2D eigenvalue weighted by Crippen LogP contribution is -2.57. The van der Waals surface area contributed by atoms with Crippen LogP contribution >= 0.6 is 0 Å². The lowest BCUT2D eigenvalue weighted by Gasteiger charge is -2.39. The number of methoxy groups -OCH3 is 2. The third kappa shape index (κ3) is 27.7. The Morgan fingerprint density at radius 1 is 0.564 bits per heavy atom. The highest BCUT2D eigenvalue weighted by atomic mass is 32.2. The fourth-order valence-corrected chi connectivity index (χ4v) is 14.0. The highest BCUT2D eigenvalue weighted by Gasteiger charge is 2.48. The summed E-state index contributed by atoms with van der Waals surface area (Å²) in [5.41, 5.74) is 6.01. The molecule has 10 rings (SSSR count). The number of urea groups is 2. The standard InChI is InChI=1S/C18H15S.C14H26N2O4.C14H14.C12H20N2O4.C11H16.C10H14O.C9H16F2O5S/c1-4-10-16(11-5-1)19(17-12-6-2-7-13-17)18-14-8-3-9-15-18;1-6-14(3,4)12(17)20-11-8-15(7-2)13(18)16(9-11)10-19-5;1-9-10(2)13-8-4-6-11-5-3-7-12(9)14(11)13;1-5-13-6-10(18-11(15)9(2)3)7-14(8-17-4)12(13)16;1-4-10(3)11-7-5-9(2)6-8-11;1-3-8(2)9-4-6-10(11)7-5-9;1-5-8(3,4)7(12)16-6(2)9(10,11)17(13,14)15/h1-15H;11H,6-10H2,1-5H3;3-10H,1-2H3;10H,2,5-8H2,1,3-4H3;5-8,10H,4H2,1-3H3;4-8,11H,3H2,1-2H3;6H,5H2,1-4H3,(H,13,14,15)/q+1;;;;;;/p-1. The maximum atomic E-state index is 13.0. The van der Waals surface area contributed by atoms with Gasteiger partial charge in [0.1, 0.15) is 31.4 Å². The lowest BCUT2D eigenvalue weighted by molar-refractivity contribution is -0.170. The lowest BCUT2D eigenvalue weighted by atomic mass is 9.90. The van der Waals surface area contributed by atoms with Crippen LogP contribution in [-0.2, 0) is 59.1 Å². The van der Waals surface area contributed by atoms with Gasteiger partial charge in [-0.1, -0.05) is 195 Å². The van der Waals surface area contributed by atoms with Crippen LogP contribution in [0.3, 0.4) is 0 Å². The average Bonchev–Trinajstić information content (AvgIpc) is 1.60. The molecule has 0 spiro atoms. The quantitative estimate of drug-likeness (QED) is 0.0207. The zero-order valence-corrected chi connectivity index (χ0v) is 69.7. The van der Waals surface area contributed by atoms with Crippen molar-refractivity contribution in [1.82, 2.24) is 19.6 Å². The van der Waals surface area contributed by atoms with Gasteiger partial charge in [0.05, 0.1) is 47.9 Å². The summed E-state index contributed by atoms with van der Waals surface area (Å²) < 4.78 is 82.1. The number of aromatic hydroxyl groups is 1. The zero-order chi connectivity index (χ0) is 82.3. The second-order valence-corrected chi connectivity index (χ2v) is 32.5. The van der Waals surface area contributed by atoms with Gasteiger partial charge in [0.15, 0.2) is 30.9 Å². The van der Waals surface area contributed by atoms with Crippen molar-refractivity contribution >= 4 is 61.8 Å². The largest absolute Gasteiger partial charge is 0.743 e. The SMILES string of the molecule is C=C(C)C(=O)OC1CN(CC)C(=O)N(COC)C1.CC1c2cccc3cccc(c23)C1C.CCC(C)(C)C(=O)OC(C)C(F)(F)S(=O)(=O)[O-].CCC(C)c1ccc(C)cc1.CCC(C)c1ccc(O)cc1.CCN1CC(OC(=O)C(C)(C)CC)CN(COC)C1=O.c1ccc([S+](c2ccccc2)c2ccccc2)cc1. The Labute approximate surface area is 657 Å². The van der Waals surface area contributed by atoms with Crippen molar-refractivity contribution in [2.24, 2.45) is 10.8 Å². The highest BCUT2D eigenvalue weighted by Crippen LogP contribution is 2.46. The number of benzene rings is 7. The van der Waals surface area contributed by atoms with Crippen LogP contribution in [0.15, 0.2) is 203 Å². The molecule has 7 unspecified atom stereocenters. The van der Waals surface area contributed by atoms with Gasteiger partial charge in [-0.25, -0.2) is 22.8 Å². The second-order valence-electron chi connectivity index (χ2n) is 29.0. The molecule has 602 valence electrons. The molecule has 22 heteroatoms. The monoisotopic (exact) mass is 1560 g/mol. The molecule has 3 aliphatic rings. The minimum absolute atomic E-state index is 0.0146. The van der Waals surface area contributed by atoms with Crippen molar-refractivity contribution in [3.8, 4) is 5.75 Å². The van der Waals surface area contributed by atoms with Crippen molar-refractivity contribution in [2.45, 2.75) is 205 Å². The fraction of sp³-hybridized carbons (Fsp3) is 0.466. The molecule has 2 fully saturated rings. The summed E-state index contributed by atoms with van der Waals surface area (Å²) in [7, 11) is -2.81. The second kappa shape index (κ2) is 45.0. The maximum Gasteiger partial charge on any atom is 0.369 e. The summed E-state index contributed by atoms with van der Waals surface area (Å²) in [5, 5.41) is 7.29. The molecular weight excluding hydrogens is 1440 g/mol. The number of hydrogen-bond donors (Lipinski definition) is 1. The van der Waals surface area contributed by atoms with E-state index in [0.717, 1.165) is 12.8 Å². The first kappa shape index (κ1) is 93.7. The number of rotatable bonds is 23. The first-order chi connectivity index (χ1) is 51.9. The Morgan fingerprint density at radius 3 is 1.27 bits per heavy atom. The summed E-state index contributed by atoms with van der Waals surface area (Å²) in [5.74, 6) is 1.38. The summed E-state index contributed by atoms with van der Waals surface area (Å²) >= 11 is 0. The molecule has 18 nitrogen and oxygen atoms in total. The van der Waals surface area contributed by atoms with Crippen LogP contribution in [0.5, 0.6) is 5.75 Å². The fourth-order valence-electron chi connectivity index (χ4n) is 11.4. The van der Waals surface area contributed by atoms with E-state index in [-0.39, 0.29) is 54.6 Å². The van der Waals surface area contributed by atoms with Crippen LogP contribution in [0.4, 0.5) is 18.4 Å². The molecule has 0 bridgehead atoms. The molecule has 1 N–H and O–H groups in total. The molecule has 2 aliphatic heterocycles. The van der Waals surface area contributed by atoms with E-state index < -0.39 is 44.2 Å². The number of halogens is 2. The molecule has 2 saturated heterocycles. The topological polar surface area (TPSA) is 222 Å². The number of phenolic OH excluding ortho intramolecular Hbond substituents is 1. The van der Waals surface area contributed by atoms with Gasteiger partial charge >= 0.3 is 35.2 Å². The molecule has 7 aromatic carbocycles. The molecule has 2 heterocycles. The molecule has 0 radical (unpaired) electrons. The Morgan fingerprint density at radius 2 is 0.927 bits per heavy atom. The van der Waals surface area contributed by atoms with Gasteiger partial charge in [-0.3, -0.25) is 19.4 Å². The third-order valence-corrected chi connectivity index (χ3v) is 23.2. The number of phenols is 1. The van der Waals surface area contributed by atoms with Crippen LogP contribution in [0.1, 0.15) is 188 Å². The summed E-state index contributed by atoms with van der Waals surface area (Å²) in [6.45, 7) is 38.6. The number of alkyl halides is 2. The number of likely N-dealkylation sites (N-methyl/N-ethyl adjacent to an activating group) is 2. The van der Waals surface area contributed by atoms with Gasteiger partial charge in [0.2, 0.25) is 0 Å². The number of amides is 4. The normalized spacial score (nSPS) is 16.9.